The van der Waals surface area contributed by atoms with Gasteiger partial charge in [-0.3, -0.25) is 0 Å². The van der Waals surface area contributed by atoms with E-state index in [2.05, 4.69) is 26.0 Å². The molecule has 0 aliphatic heterocycles. The number of methoxy groups -OCH3 is 1. The van der Waals surface area contributed by atoms with Crippen molar-refractivity contribution in [3.8, 4) is 5.75 Å². The van der Waals surface area contributed by atoms with E-state index in [1.807, 2.05) is 12.1 Å². The summed E-state index contributed by atoms with van der Waals surface area (Å²) in [5.74, 6) is 1.59. The van der Waals surface area contributed by atoms with Crippen LogP contribution in [0.2, 0.25) is 0 Å². The Kier molecular flexibility index (Phi) is 5.65. The van der Waals surface area contributed by atoms with Gasteiger partial charge in [-0.25, -0.2) is 0 Å². The second kappa shape index (κ2) is 7.28. The number of hydrogen-bond acceptors (Lipinski definition) is 3. The molecule has 3 heteroatoms. The molecule has 3 atom stereocenters. The number of benzene rings is 1. The van der Waals surface area contributed by atoms with Crippen LogP contribution in [-0.4, -0.2) is 25.4 Å². The van der Waals surface area contributed by atoms with E-state index in [1.54, 1.807) is 7.11 Å². The third-order valence-electron chi connectivity index (χ3n) is 4.69. The molecule has 0 saturated heterocycles. The molecule has 1 fully saturated rings. The molecule has 0 bridgehead atoms. The molecule has 1 saturated carbocycles. The molecule has 0 heterocycles. The minimum Gasteiger partial charge on any atom is -0.497 e. The third-order valence-corrected chi connectivity index (χ3v) is 4.69. The molecule has 3 unspecified atom stereocenters. The van der Waals surface area contributed by atoms with Crippen molar-refractivity contribution in [1.82, 2.24) is 0 Å². The van der Waals surface area contributed by atoms with Crippen LogP contribution in [-0.2, 0) is 11.2 Å². The summed E-state index contributed by atoms with van der Waals surface area (Å²) in [6.45, 7) is 5.11. The summed E-state index contributed by atoms with van der Waals surface area (Å²) in [6.07, 6.45) is 5.50. The lowest BCUT2D eigenvalue weighted by Gasteiger charge is -2.44. The zero-order chi connectivity index (χ0) is 15.3. The molecule has 21 heavy (non-hydrogen) atoms. The second-order valence-electron chi connectivity index (χ2n) is 6.36. The zero-order valence-corrected chi connectivity index (χ0v) is 13.6. The summed E-state index contributed by atoms with van der Waals surface area (Å²) in [5.41, 5.74) is 7.65. The first-order valence-corrected chi connectivity index (χ1v) is 8.12. The Morgan fingerprint density at radius 1 is 1.43 bits per heavy atom. The highest BCUT2D eigenvalue weighted by Gasteiger charge is 2.40. The van der Waals surface area contributed by atoms with Crippen LogP contribution in [0.4, 0.5) is 0 Å². The van der Waals surface area contributed by atoms with Crippen LogP contribution in [0.1, 0.15) is 45.1 Å². The summed E-state index contributed by atoms with van der Waals surface area (Å²) in [5, 5.41) is 0. The quantitative estimate of drug-likeness (QED) is 0.871. The van der Waals surface area contributed by atoms with Crippen LogP contribution in [0.5, 0.6) is 5.75 Å². The lowest BCUT2D eigenvalue weighted by atomic mass is 9.73. The smallest absolute Gasteiger partial charge is 0.119 e. The molecular formula is C18H29NO2. The third kappa shape index (κ3) is 3.98. The fourth-order valence-corrected chi connectivity index (χ4v) is 3.65. The predicted octanol–water partition coefficient (Wildman–Crippen LogP) is 3.55. The molecule has 1 aliphatic rings. The van der Waals surface area contributed by atoms with Gasteiger partial charge in [-0.2, -0.15) is 0 Å². The van der Waals surface area contributed by atoms with Crippen LogP contribution >= 0.6 is 0 Å². The Hall–Kier alpha value is -1.06. The molecule has 0 amide bonds. The van der Waals surface area contributed by atoms with Crippen LogP contribution in [0.25, 0.3) is 0 Å². The molecule has 3 nitrogen and oxygen atoms in total. The van der Waals surface area contributed by atoms with Crippen molar-refractivity contribution in [3.63, 3.8) is 0 Å². The van der Waals surface area contributed by atoms with Gasteiger partial charge < -0.3 is 15.2 Å². The Labute approximate surface area is 128 Å². The first kappa shape index (κ1) is 16.3. The van der Waals surface area contributed by atoms with Crippen molar-refractivity contribution in [1.29, 1.82) is 0 Å². The van der Waals surface area contributed by atoms with Gasteiger partial charge in [-0.05, 0) is 49.8 Å². The van der Waals surface area contributed by atoms with E-state index in [0.29, 0.717) is 5.92 Å². The van der Waals surface area contributed by atoms with Gasteiger partial charge in [0.2, 0.25) is 0 Å². The minimum absolute atomic E-state index is 0.0345. The average molecular weight is 291 g/mol. The molecule has 1 aromatic rings. The van der Waals surface area contributed by atoms with E-state index in [4.69, 9.17) is 15.2 Å². The number of nitrogens with two attached hydrogens (primary N) is 1. The predicted molar refractivity (Wildman–Crippen MR) is 86.7 cm³/mol. The standard InChI is InChI=1S/C18H29NO2/c1-4-21-18(10-6-7-14(2)13-18)17(19)12-15-8-5-9-16(11-15)20-3/h5,8-9,11,14,17H,4,6-7,10,12-13,19H2,1-3H3. The molecule has 1 aromatic carbocycles. The summed E-state index contributed by atoms with van der Waals surface area (Å²) in [6, 6.07) is 8.22. The van der Waals surface area contributed by atoms with Gasteiger partial charge in [0.25, 0.3) is 0 Å². The van der Waals surface area contributed by atoms with Gasteiger partial charge in [-0.1, -0.05) is 31.9 Å². The largest absolute Gasteiger partial charge is 0.497 e. The topological polar surface area (TPSA) is 44.5 Å². The van der Waals surface area contributed by atoms with Crippen LogP contribution in [0, 0.1) is 5.92 Å². The lowest BCUT2D eigenvalue weighted by Crippen LogP contribution is -2.53. The van der Waals surface area contributed by atoms with E-state index in [1.165, 1.54) is 18.4 Å². The Balaban J connectivity index is 2.12. The molecular weight excluding hydrogens is 262 g/mol. The highest BCUT2D eigenvalue weighted by Crippen LogP contribution is 2.38. The fraction of sp³-hybridized carbons (Fsp3) is 0.667. The SMILES string of the molecule is CCOC1(C(N)Cc2cccc(OC)c2)CCCC(C)C1. The van der Waals surface area contributed by atoms with Crippen LogP contribution < -0.4 is 10.5 Å². The van der Waals surface area contributed by atoms with E-state index in [0.717, 1.165) is 31.6 Å². The monoisotopic (exact) mass is 291 g/mol. The second-order valence-corrected chi connectivity index (χ2v) is 6.36. The molecule has 0 aromatic heterocycles. The van der Waals surface area contributed by atoms with Crippen molar-refractivity contribution in [2.75, 3.05) is 13.7 Å². The van der Waals surface area contributed by atoms with Gasteiger partial charge in [-0.15, -0.1) is 0 Å². The minimum atomic E-state index is -0.157. The first-order valence-electron chi connectivity index (χ1n) is 8.12. The van der Waals surface area contributed by atoms with E-state index >= 15 is 0 Å². The van der Waals surface area contributed by atoms with E-state index in [-0.39, 0.29) is 11.6 Å². The molecule has 0 spiro atoms. The molecule has 2 rings (SSSR count). The van der Waals surface area contributed by atoms with Crippen LogP contribution in [0.3, 0.4) is 0 Å². The molecule has 0 radical (unpaired) electrons. The Bertz CT molecular complexity index is 445. The van der Waals surface area contributed by atoms with Gasteiger partial charge >= 0.3 is 0 Å². The summed E-state index contributed by atoms with van der Waals surface area (Å²) in [4.78, 5) is 0. The zero-order valence-electron chi connectivity index (χ0n) is 13.6. The summed E-state index contributed by atoms with van der Waals surface area (Å²) < 4.78 is 11.5. The molecule has 2 N–H and O–H groups in total. The number of hydrogen-bond donors (Lipinski definition) is 1. The van der Waals surface area contributed by atoms with Gasteiger partial charge in [0.05, 0.1) is 12.7 Å². The van der Waals surface area contributed by atoms with Crippen LogP contribution in [0.15, 0.2) is 24.3 Å². The van der Waals surface area contributed by atoms with E-state index in [9.17, 15) is 0 Å². The number of rotatable bonds is 6. The van der Waals surface area contributed by atoms with E-state index < -0.39 is 0 Å². The van der Waals surface area contributed by atoms with Crippen molar-refractivity contribution in [2.24, 2.45) is 11.7 Å². The highest BCUT2D eigenvalue weighted by molar-refractivity contribution is 5.29. The summed E-state index contributed by atoms with van der Waals surface area (Å²) >= 11 is 0. The Morgan fingerprint density at radius 3 is 2.90 bits per heavy atom. The average Bonchev–Trinajstić information content (AvgIpc) is 2.47. The maximum absolute atomic E-state index is 6.59. The lowest BCUT2D eigenvalue weighted by molar-refractivity contribution is -0.0925. The summed E-state index contributed by atoms with van der Waals surface area (Å²) in [7, 11) is 1.70. The Morgan fingerprint density at radius 2 is 2.24 bits per heavy atom. The normalized spacial score (nSPS) is 27.3. The highest BCUT2D eigenvalue weighted by atomic mass is 16.5. The molecule has 118 valence electrons. The van der Waals surface area contributed by atoms with Crippen molar-refractivity contribution < 1.29 is 9.47 Å². The van der Waals surface area contributed by atoms with Crippen molar-refractivity contribution in [2.45, 2.75) is 57.6 Å². The number of ether oxygens (including phenoxy) is 2. The van der Waals surface area contributed by atoms with Gasteiger partial charge in [0.1, 0.15) is 5.75 Å². The maximum Gasteiger partial charge on any atom is 0.119 e. The van der Waals surface area contributed by atoms with Crippen molar-refractivity contribution in [3.05, 3.63) is 29.8 Å². The van der Waals surface area contributed by atoms with Crippen molar-refractivity contribution >= 4 is 0 Å². The fourth-order valence-electron chi connectivity index (χ4n) is 3.65. The first-order chi connectivity index (χ1) is 10.1. The maximum atomic E-state index is 6.59. The van der Waals surface area contributed by atoms with Gasteiger partial charge in [0, 0.05) is 12.6 Å². The molecule has 1 aliphatic carbocycles. The van der Waals surface area contributed by atoms with Gasteiger partial charge in [0.15, 0.2) is 0 Å².